The van der Waals surface area contributed by atoms with E-state index in [1.165, 1.54) is 12.1 Å². The number of amides is 2. The molecule has 0 aromatic heterocycles. The van der Waals surface area contributed by atoms with Gasteiger partial charge in [0.05, 0.1) is 23.1 Å². The Labute approximate surface area is 97.7 Å². The van der Waals surface area contributed by atoms with Crippen LogP contribution in [-0.2, 0) is 4.79 Å². The number of aliphatic carboxylic acids is 1. The molecule has 1 aromatic rings. The summed E-state index contributed by atoms with van der Waals surface area (Å²) in [4.78, 5) is 35.5. The third kappa shape index (κ3) is 1.60. The molecule has 0 fully saturated rings. The Bertz CT molecular complexity index is 474. The zero-order valence-corrected chi connectivity index (χ0v) is 9.17. The number of benzene rings is 1. The second kappa shape index (κ2) is 4.01. The van der Waals surface area contributed by atoms with E-state index in [4.69, 9.17) is 0 Å². The maximum Gasteiger partial charge on any atom is 0.262 e. The molecule has 1 atom stereocenters. The van der Waals surface area contributed by atoms with Crippen molar-refractivity contribution in [1.82, 2.24) is 4.90 Å². The molecular formula is C12H10NO4-. The number of carbonyl (C=O) groups excluding carboxylic acids is 3. The second-order valence-corrected chi connectivity index (χ2v) is 3.77. The van der Waals surface area contributed by atoms with Gasteiger partial charge in [-0.3, -0.25) is 14.5 Å². The van der Waals surface area contributed by atoms with Crippen molar-refractivity contribution >= 4 is 17.8 Å². The van der Waals surface area contributed by atoms with Crippen molar-refractivity contribution in [3.05, 3.63) is 35.4 Å². The number of nitrogens with zero attached hydrogens (tertiary/aromatic N) is 1. The van der Waals surface area contributed by atoms with E-state index in [2.05, 4.69) is 0 Å². The molecule has 5 heteroatoms. The Morgan fingerprint density at radius 2 is 1.71 bits per heavy atom. The van der Waals surface area contributed by atoms with Gasteiger partial charge in [0.1, 0.15) is 0 Å². The lowest BCUT2D eigenvalue weighted by Gasteiger charge is -2.25. The smallest absolute Gasteiger partial charge is 0.262 e. The third-order valence-corrected chi connectivity index (χ3v) is 2.80. The van der Waals surface area contributed by atoms with Gasteiger partial charge in [0.15, 0.2) is 0 Å². The highest BCUT2D eigenvalue weighted by molar-refractivity contribution is 6.22. The van der Waals surface area contributed by atoms with Crippen LogP contribution in [0.3, 0.4) is 0 Å². The number of carboxylic acids is 1. The Hall–Kier alpha value is -2.17. The van der Waals surface area contributed by atoms with Gasteiger partial charge in [-0.05, 0) is 18.6 Å². The van der Waals surface area contributed by atoms with Gasteiger partial charge in [-0.15, -0.1) is 0 Å². The topological polar surface area (TPSA) is 77.5 Å². The maximum atomic E-state index is 11.9. The van der Waals surface area contributed by atoms with Crippen molar-refractivity contribution in [2.75, 3.05) is 0 Å². The van der Waals surface area contributed by atoms with Crippen molar-refractivity contribution in [2.24, 2.45) is 0 Å². The molecule has 88 valence electrons. The molecule has 1 heterocycles. The van der Waals surface area contributed by atoms with Crippen molar-refractivity contribution in [1.29, 1.82) is 0 Å². The van der Waals surface area contributed by atoms with Crippen LogP contribution in [0.25, 0.3) is 0 Å². The molecule has 2 rings (SSSR count). The van der Waals surface area contributed by atoms with E-state index in [1.807, 2.05) is 0 Å². The van der Waals surface area contributed by atoms with Crippen LogP contribution < -0.4 is 5.11 Å². The van der Waals surface area contributed by atoms with Gasteiger partial charge in [0, 0.05) is 0 Å². The number of hydrogen-bond acceptors (Lipinski definition) is 4. The van der Waals surface area contributed by atoms with Gasteiger partial charge < -0.3 is 9.90 Å². The molecule has 0 N–H and O–H groups in total. The van der Waals surface area contributed by atoms with E-state index in [0.717, 1.165) is 4.90 Å². The molecule has 0 unspecified atom stereocenters. The Morgan fingerprint density at radius 1 is 1.24 bits per heavy atom. The second-order valence-electron chi connectivity index (χ2n) is 3.77. The first-order valence-corrected chi connectivity index (χ1v) is 5.25. The third-order valence-electron chi connectivity index (χ3n) is 2.80. The monoisotopic (exact) mass is 232 g/mol. The summed E-state index contributed by atoms with van der Waals surface area (Å²) in [5.41, 5.74) is 0.495. The molecular weight excluding hydrogens is 222 g/mol. The van der Waals surface area contributed by atoms with Crippen molar-refractivity contribution < 1.29 is 19.5 Å². The van der Waals surface area contributed by atoms with Crippen LogP contribution in [0.2, 0.25) is 0 Å². The fourth-order valence-corrected chi connectivity index (χ4v) is 1.95. The Balaban J connectivity index is 2.46. The lowest BCUT2D eigenvalue weighted by Crippen LogP contribution is -2.50. The standard InChI is InChI=1S/C12H11NO4/c1-2-9(12(16)17)13-10(14)7-5-3-4-6-8(7)11(13)15/h3-6,9H,2H2,1H3,(H,16,17)/p-1/t9-/m1/s1. The van der Waals surface area contributed by atoms with Crippen LogP contribution in [0, 0.1) is 0 Å². The van der Waals surface area contributed by atoms with Gasteiger partial charge in [0.2, 0.25) is 0 Å². The van der Waals surface area contributed by atoms with Crippen LogP contribution in [0.1, 0.15) is 34.1 Å². The molecule has 5 nitrogen and oxygen atoms in total. The highest BCUT2D eigenvalue weighted by Crippen LogP contribution is 2.25. The van der Waals surface area contributed by atoms with Gasteiger partial charge in [-0.2, -0.15) is 0 Å². The first-order chi connectivity index (χ1) is 8.07. The van der Waals surface area contributed by atoms with E-state index in [-0.39, 0.29) is 17.5 Å². The number of carbonyl (C=O) groups is 3. The summed E-state index contributed by atoms with van der Waals surface area (Å²) in [6, 6.07) is 5.08. The molecule has 1 aliphatic rings. The van der Waals surface area contributed by atoms with Gasteiger partial charge in [-0.1, -0.05) is 19.1 Å². The van der Waals surface area contributed by atoms with Gasteiger partial charge in [-0.25, -0.2) is 0 Å². The molecule has 2 amide bonds. The summed E-state index contributed by atoms with van der Waals surface area (Å²) >= 11 is 0. The molecule has 0 saturated heterocycles. The first-order valence-electron chi connectivity index (χ1n) is 5.25. The molecule has 0 aliphatic carbocycles. The van der Waals surface area contributed by atoms with E-state index in [0.29, 0.717) is 0 Å². The normalized spacial score (nSPS) is 15.9. The van der Waals surface area contributed by atoms with Gasteiger partial charge in [0.25, 0.3) is 11.8 Å². The molecule has 0 saturated carbocycles. The number of fused-ring (bicyclic) bond motifs is 1. The predicted octanol–water partition coefficient (Wildman–Crippen LogP) is -0.189. The SMILES string of the molecule is CC[C@H](C(=O)[O-])N1C(=O)c2ccccc2C1=O. The minimum absolute atomic E-state index is 0.133. The van der Waals surface area contributed by atoms with Crippen LogP contribution in [-0.4, -0.2) is 28.7 Å². The molecule has 1 aromatic carbocycles. The summed E-state index contributed by atoms with van der Waals surface area (Å²) in [6.45, 7) is 1.59. The minimum Gasteiger partial charge on any atom is -0.548 e. The molecule has 1 aliphatic heterocycles. The fraction of sp³-hybridized carbons (Fsp3) is 0.250. The minimum atomic E-state index is -1.41. The van der Waals surface area contributed by atoms with Crippen LogP contribution >= 0.6 is 0 Å². The number of rotatable bonds is 3. The van der Waals surface area contributed by atoms with Crippen molar-refractivity contribution in [3.63, 3.8) is 0 Å². The summed E-state index contributed by atoms with van der Waals surface area (Å²) in [5, 5.41) is 10.9. The average molecular weight is 232 g/mol. The number of imide groups is 1. The quantitative estimate of drug-likeness (QED) is 0.677. The zero-order chi connectivity index (χ0) is 12.6. The maximum absolute atomic E-state index is 11.9. The van der Waals surface area contributed by atoms with Crippen LogP contribution in [0.15, 0.2) is 24.3 Å². The Kier molecular flexibility index (Phi) is 2.67. The van der Waals surface area contributed by atoms with Gasteiger partial charge >= 0.3 is 0 Å². The van der Waals surface area contributed by atoms with Crippen LogP contribution in [0.5, 0.6) is 0 Å². The number of hydrogen-bond donors (Lipinski definition) is 0. The fourth-order valence-electron chi connectivity index (χ4n) is 1.95. The van der Waals surface area contributed by atoms with Crippen LogP contribution in [0.4, 0.5) is 0 Å². The summed E-state index contributed by atoms with van der Waals surface area (Å²) < 4.78 is 0. The highest BCUT2D eigenvalue weighted by atomic mass is 16.4. The predicted molar refractivity (Wildman–Crippen MR) is 56.0 cm³/mol. The Morgan fingerprint density at radius 3 is 2.06 bits per heavy atom. The largest absolute Gasteiger partial charge is 0.548 e. The molecule has 0 spiro atoms. The molecule has 0 radical (unpaired) electrons. The summed E-state index contributed by atoms with van der Waals surface area (Å²) in [7, 11) is 0. The van der Waals surface area contributed by atoms with E-state index >= 15 is 0 Å². The number of carboxylic acid groups (broad SMARTS) is 1. The van der Waals surface area contributed by atoms with E-state index in [9.17, 15) is 19.5 Å². The lowest BCUT2D eigenvalue weighted by atomic mass is 10.1. The average Bonchev–Trinajstić information content (AvgIpc) is 2.56. The highest BCUT2D eigenvalue weighted by Gasteiger charge is 2.39. The molecule has 0 bridgehead atoms. The van der Waals surface area contributed by atoms with E-state index in [1.54, 1.807) is 19.1 Å². The van der Waals surface area contributed by atoms with Crippen molar-refractivity contribution in [2.45, 2.75) is 19.4 Å². The van der Waals surface area contributed by atoms with E-state index < -0.39 is 23.8 Å². The first kappa shape index (κ1) is 11.3. The zero-order valence-electron chi connectivity index (χ0n) is 9.17. The summed E-state index contributed by atoms with van der Waals surface area (Å²) in [5.74, 6) is -2.55. The lowest BCUT2D eigenvalue weighted by molar-refractivity contribution is -0.310. The summed E-state index contributed by atoms with van der Waals surface area (Å²) in [6.07, 6.45) is 0.133. The van der Waals surface area contributed by atoms with Crippen molar-refractivity contribution in [3.8, 4) is 0 Å². The molecule has 17 heavy (non-hydrogen) atoms.